The Bertz CT molecular complexity index is 865. The van der Waals surface area contributed by atoms with Crippen LogP contribution in [0.4, 0.5) is 0 Å². The molecule has 6 heteroatoms. The fourth-order valence-corrected chi connectivity index (χ4v) is 5.00. The fraction of sp³-hybridized carbons (Fsp3) is 0.609. The number of hydrogen-bond donors (Lipinski definition) is 1. The molecule has 2 aliphatic heterocycles. The van der Waals surface area contributed by atoms with Gasteiger partial charge in [0.2, 0.25) is 0 Å². The summed E-state index contributed by atoms with van der Waals surface area (Å²) < 4.78 is 3.76. The smallest absolute Gasteiger partial charge is 0.276 e. The van der Waals surface area contributed by atoms with E-state index in [1.165, 1.54) is 12.8 Å². The van der Waals surface area contributed by atoms with Crippen molar-refractivity contribution < 1.29 is 5.11 Å². The highest BCUT2D eigenvalue weighted by molar-refractivity contribution is 5.33. The summed E-state index contributed by atoms with van der Waals surface area (Å²) in [5.74, 6) is 0.481. The molecule has 1 aromatic carbocycles. The second-order valence-electron chi connectivity index (χ2n) is 8.73. The zero-order chi connectivity index (χ0) is 20.4. The van der Waals surface area contributed by atoms with Crippen LogP contribution in [0.15, 0.2) is 35.1 Å². The Morgan fingerprint density at radius 3 is 2.48 bits per heavy atom. The minimum absolute atomic E-state index is 0.0992. The molecule has 0 saturated carbocycles. The molecule has 158 valence electrons. The van der Waals surface area contributed by atoms with Crippen molar-refractivity contribution in [2.75, 3.05) is 32.8 Å². The van der Waals surface area contributed by atoms with Crippen molar-refractivity contribution in [2.24, 2.45) is 13.0 Å². The number of hydrogen-bond acceptors (Lipinski definition) is 4. The van der Waals surface area contributed by atoms with Crippen LogP contribution in [-0.4, -0.2) is 63.1 Å². The highest BCUT2D eigenvalue weighted by atomic mass is 16.3. The van der Waals surface area contributed by atoms with Gasteiger partial charge in [-0.25, -0.2) is 4.68 Å². The molecule has 2 aliphatic rings. The van der Waals surface area contributed by atoms with E-state index >= 15 is 0 Å². The van der Waals surface area contributed by atoms with Crippen molar-refractivity contribution in [2.45, 2.75) is 45.2 Å². The molecule has 0 radical (unpaired) electrons. The lowest BCUT2D eigenvalue weighted by Crippen LogP contribution is -2.50. The first-order valence-corrected chi connectivity index (χ1v) is 11.0. The van der Waals surface area contributed by atoms with E-state index in [9.17, 15) is 9.90 Å². The Kier molecular flexibility index (Phi) is 6.23. The third kappa shape index (κ3) is 4.20. The molecule has 0 bridgehead atoms. The van der Waals surface area contributed by atoms with Gasteiger partial charge in [0.25, 0.3) is 5.56 Å². The molecule has 0 amide bonds. The first-order chi connectivity index (χ1) is 14.1. The molecule has 1 aromatic heterocycles. The number of para-hydroxylation sites is 1. The minimum atomic E-state index is 0.0992. The second kappa shape index (κ2) is 8.86. The van der Waals surface area contributed by atoms with Gasteiger partial charge >= 0.3 is 0 Å². The number of aliphatic hydroxyl groups excluding tert-OH is 1. The Hall–Kier alpha value is -1.89. The van der Waals surface area contributed by atoms with Gasteiger partial charge in [-0.05, 0) is 70.3 Å². The van der Waals surface area contributed by atoms with Crippen molar-refractivity contribution in [3.8, 4) is 5.69 Å². The van der Waals surface area contributed by atoms with Crippen LogP contribution in [0.3, 0.4) is 0 Å². The minimum Gasteiger partial charge on any atom is -0.396 e. The maximum Gasteiger partial charge on any atom is 0.276 e. The van der Waals surface area contributed by atoms with Gasteiger partial charge in [0, 0.05) is 38.5 Å². The van der Waals surface area contributed by atoms with Gasteiger partial charge in [0.05, 0.1) is 11.3 Å². The molecule has 0 aliphatic carbocycles. The largest absolute Gasteiger partial charge is 0.396 e. The van der Waals surface area contributed by atoms with E-state index in [0.717, 1.165) is 62.5 Å². The van der Waals surface area contributed by atoms with Gasteiger partial charge in [-0.2, -0.15) is 0 Å². The molecule has 2 aromatic rings. The maximum atomic E-state index is 13.2. The van der Waals surface area contributed by atoms with Crippen molar-refractivity contribution in [3.05, 3.63) is 51.9 Å². The Morgan fingerprint density at radius 2 is 1.79 bits per heavy atom. The van der Waals surface area contributed by atoms with Gasteiger partial charge in [-0.1, -0.05) is 18.2 Å². The van der Waals surface area contributed by atoms with Crippen molar-refractivity contribution >= 4 is 0 Å². The predicted octanol–water partition coefficient (Wildman–Crippen LogP) is 2.15. The molecule has 1 atom stereocenters. The van der Waals surface area contributed by atoms with Crippen molar-refractivity contribution in [1.29, 1.82) is 0 Å². The maximum absolute atomic E-state index is 13.2. The highest BCUT2D eigenvalue weighted by Crippen LogP contribution is 2.24. The lowest BCUT2D eigenvalue weighted by Gasteiger charge is -2.42. The third-order valence-corrected chi connectivity index (χ3v) is 6.96. The quantitative estimate of drug-likeness (QED) is 0.839. The first-order valence-electron chi connectivity index (χ1n) is 11.0. The molecule has 2 fully saturated rings. The number of rotatable bonds is 5. The van der Waals surface area contributed by atoms with Gasteiger partial charge < -0.3 is 5.11 Å². The number of aromatic nitrogens is 2. The summed E-state index contributed by atoms with van der Waals surface area (Å²) in [4.78, 5) is 18.3. The Balaban J connectivity index is 1.47. The molecule has 4 rings (SSSR count). The van der Waals surface area contributed by atoms with E-state index in [2.05, 4.69) is 16.7 Å². The summed E-state index contributed by atoms with van der Waals surface area (Å²) >= 11 is 0. The molecule has 1 N–H and O–H groups in total. The molecular formula is C23H34N4O2. The van der Waals surface area contributed by atoms with Crippen LogP contribution in [0.2, 0.25) is 0 Å². The zero-order valence-electron chi connectivity index (χ0n) is 17.8. The van der Waals surface area contributed by atoms with Gasteiger partial charge in [0.15, 0.2) is 0 Å². The zero-order valence-corrected chi connectivity index (χ0v) is 17.8. The summed E-state index contributed by atoms with van der Waals surface area (Å²) in [6.45, 7) is 7.38. The highest BCUT2D eigenvalue weighted by Gasteiger charge is 2.29. The molecule has 6 nitrogen and oxygen atoms in total. The molecule has 0 spiro atoms. The summed E-state index contributed by atoms with van der Waals surface area (Å²) in [5, 5.41) is 9.39. The van der Waals surface area contributed by atoms with Gasteiger partial charge in [-0.15, -0.1) is 0 Å². The first kappa shape index (κ1) is 20.4. The summed E-state index contributed by atoms with van der Waals surface area (Å²) in [6.07, 6.45) is 4.63. The van der Waals surface area contributed by atoms with E-state index in [-0.39, 0.29) is 5.56 Å². The fourth-order valence-electron chi connectivity index (χ4n) is 5.00. The van der Waals surface area contributed by atoms with E-state index in [4.69, 9.17) is 0 Å². The van der Waals surface area contributed by atoms with Crippen molar-refractivity contribution in [1.82, 2.24) is 19.2 Å². The SMILES string of the molecule is Cc1c(CN2CCCC(N3CCC(CO)CC3)C2)c(=O)n(-c2ccccc2)n1C. The Labute approximate surface area is 173 Å². The van der Waals surface area contributed by atoms with Crippen molar-refractivity contribution in [3.63, 3.8) is 0 Å². The predicted molar refractivity (Wildman–Crippen MR) is 115 cm³/mol. The van der Waals surface area contributed by atoms with E-state index in [1.807, 2.05) is 42.1 Å². The summed E-state index contributed by atoms with van der Waals surface area (Å²) in [6, 6.07) is 10.5. The van der Waals surface area contributed by atoms with E-state index < -0.39 is 0 Å². The van der Waals surface area contributed by atoms with Crippen LogP contribution in [0.1, 0.15) is 36.9 Å². The summed E-state index contributed by atoms with van der Waals surface area (Å²) in [5.41, 5.74) is 2.97. The molecule has 3 heterocycles. The van der Waals surface area contributed by atoms with Gasteiger partial charge in [0.1, 0.15) is 0 Å². The van der Waals surface area contributed by atoms with Crippen LogP contribution >= 0.6 is 0 Å². The second-order valence-corrected chi connectivity index (χ2v) is 8.73. The van der Waals surface area contributed by atoms with Crippen LogP contribution in [0, 0.1) is 12.8 Å². The van der Waals surface area contributed by atoms with Crippen LogP contribution in [-0.2, 0) is 13.6 Å². The van der Waals surface area contributed by atoms with Crippen LogP contribution in [0.5, 0.6) is 0 Å². The standard InChI is InChI=1S/C23H34N4O2/c1-18-22(23(29)27(24(18)2)20-7-4-3-5-8-20)16-25-12-6-9-21(15-25)26-13-10-19(17-28)11-14-26/h3-5,7-8,19,21,28H,6,9-17H2,1-2H3. The number of aliphatic hydroxyl groups is 1. The average molecular weight is 399 g/mol. The number of piperidine rings is 2. The van der Waals surface area contributed by atoms with Crippen LogP contribution in [0.25, 0.3) is 5.69 Å². The molecule has 29 heavy (non-hydrogen) atoms. The van der Waals surface area contributed by atoms with Gasteiger partial charge in [-0.3, -0.25) is 19.3 Å². The number of nitrogens with zero attached hydrogens (tertiary/aromatic N) is 4. The van der Waals surface area contributed by atoms with E-state index in [1.54, 1.807) is 4.68 Å². The average Bonchev–Trinajstić information content (AvgIpc) is 2.98. The molecule has 1 unspecified atom stereocenters. The Morgan fingerprint density at radius 1 is 1.07 bits per heavy atom. The molecular weight excluding hydrogens is 364 g/mol. The lowest BCUT2D eigenvalue weighted by atomic mass is 9.94. The lowest BCUT2D eigenvalue weighted by molar-refractivity contribution is 0.0542. The molecule has 2 saturated heterocycles. The number of benzene rings is 1. The normalized spacial score (nSPS) is 22.2. The third-order valence-electron chi connectivity index (χ3n) is 6.96. The topological polar surface area (TPSA) is 53.6 Å². The monoisotopic (exact) mass is 398 g/mol. The number of likely N-dealkylation sites (tertiary alicyclic amines) is 2. The van der Waals surface area contributed by atoms with Crippen LogP contribution < -0.4 is 5.56 Å². The van der Waals surface area contributed by atoms with E-state index in [0.29, 0.717) is 18.6 Å². The summed E-state index contributed by atoms with van der Waals surface area (Å²) in [7, 11) is 1.97.